The van der Waals surface area contributed by atoms with Crippen molar-refractivity contribution in [2.24, 2.45) is 5.92 Å². The van der Waals surface area contributed by atoms with Gasteiger partial charge in [0.15, 0.2) is 0 Å². The number of methoxy groups -OCH3 is 1. The number of carboxylic acids is 1. The SMILES string of the molecule is COc1ccc(C(C)C(=O)NC2CCC(C(=O)O)CC2)cc1. The second-order valence-electron chi connectivity index (χ2n) is 5.89. The molecule has 0 aromatic heterocycles. The molecule has 1 aromatic rings. The van der Waals surface area contributed by atoms with Crippen LogP contribution in [0, 0.1) is 5.92 Å². The molecular weight excluding hydrogens is 282 g/mol. The van der Waals surface area contributed by atoms with Crippen molar-refractivity contribution >= 4 is 11.9 Å². The Morgan fingerprint density at radius 2 is 1.77 bits per heavy atom. The molecule has 1 amide bonds. The molecule has 1 atom stereocenters. The summed E-state index contributed by atoms with van der Waals surface area (Å²) in [4.78, 5) is 23.3. The molecule has 0 spiro atoms. The molecule has 0 aliphatic heterocycles. The number of rotatable bonds is 5. The third-order valence-corrected chi connectivity index (χ3v) is 4.43. The summed E-state index contributed by atoms with van der Waals surface area (Å²) in [6, 6.07) is 7.56. The summed E-state index contributed by atoms with van der Waals surface area (Å²) in [6.07, 6.45) is 2.74. The normalized spacial score (nSPS) is 22.6. The number of carbonyl (C=O) groups is 2. The summed E-state index contributed by atoms with van der Waals surface area (Å²) in [5.41, 5.74) is 0.942. The highest BCUT2D eigenvalue weighted by Crippen LogP contribution is 2.25. The largest absolute Gasteiger partial charge is 0.497 e. The molecule has 22 heavy (non-hydrogen) atoms. The van der Waals surface area contributed by atoms with Crippen LogP contribution in [0.1, 0.15) is 44.1 Å². The maximum Gasteiger partial charge on any atom is 0.306 e. The van der Waals surface area contributed by atoms with Crippen LogP contribution in [0.4, 0.5) is 0 Å². The van der Waals surface area contributed by atoms with Gasteiger partial charge >= 0.3 is 5.97 Å². The van der Waals surface area contributed by atoms with E-state index < -0.39 is 5.97 Å². The minimum absolute atomic E-state index is 0.0102. The van der Waals surface area contributed by atoms with Gasteiger partial charge in [-0.3, -0.25) is 9.59 Å². The van der Waals surface area contributed by atoms with Gasteiger partial charge in [0.1, 0.15) is 5.75 Å². The molecule has 5 heteroatoms. The molecule has 0 bridgehead atoms. The summed E-state index contributed by atoms with van der Waals surface area (Å²) >= 11 is 0. The van der Waals surface area contributed by atoms with Crippen LogP contribution in [0.25, 0.3) is 0 Å². The summed E-state index contributed by atoms with van der Waals surface area (Å²) in [5, 5.41) is 12.0. The molecule has 1 saturated carbocycles. The minimum Gasteiger partial charge on any atom is -0.497 e. The molecule has 0 heterocycles. The second-order valence-corrected chi connectivity index (χ2v) is 5.89. The Morgan fingerprint density at radius 1 is 1.18 bits per heavy atom. The number of carbonyl (C=O) groups excluding carboxylic acids is 1. The van der Waals surface area contributed by atoms with Gasteiger partial charge in [0.05, 0.1) is 18.9 Å². The van der Waals surface area contributed by atoms with Gasteiger partial charge in [0.2, 0.25) is 5.91 Å². The van der Waals surface area contributed by atoms with Crippen molar-refractivity contribution < 1.29 is 19.4 Å². The summed E-state index contributed by atoms with van der Waals surface area (Å²) < 4.78 is 5.11. The standard InChI is InChI=1S/C17H23NO4/c1-11(12-5-9-15(22-2)10-6-12)16(19)18-14-7-3-13(4-8-14)17(20)21/h5-6,9-11,13-14H,3-4,7-8H2,1-2H3,(H,18,19)(H,20,21). The number of ether oxygens (including phenoxy) is 1. The molecule has 5 nitrogen and oxygen atoms in total. The second kappa shape index (κ2) is 7.29. The van der Waals surface area contributed by atoms with Gasteiger partial charge in [-0.05, 0) is 50.3 Å². The van der Waals surface area contributed by atoms with Crippen LogP contribution in [0.3, 0.4) is 0 Å². The monoisotopic (exact) mass is 305 g/mol. The lowest BCUT2D eigenvalue weighted by molar-refractivity contribution is -0.142. The maximum absolute atomic E-state index is 12.3. The zero-order valence-electron chi connectivity index (χ0n) is 13.0. The maximum atomic E-state index is 12.3. The Hall–Kier alpha value is -2.04. The van der Waals surface area contributed by atoms with Gasteiger partial charge in [-0.1, -0.05) is 12.1 Å². The highest BCUT2D eigenvalue weighted by Gasteiger charge is 2.27. The number of carboxylic acid groups (broad SMARTS) is 1. The number of nitrogens with one attached hydrogen (secondary N) is 1. The average molecular weight is 305 g/mol. The van der Waals surface area contributed by atoms with E-state index in [9.17, 15) is 9.59 Å². The zero-order chi connectivity index (χ0) is 16.1. The molecule has 1 fully saturated rings. The molecule has 0 radical (unpaired) electrons. The molecular formula is C17H23NO4. The third-order valence-electron chi connectivity index (χ3n) is 4.43. The van der Waals surface area contributed by atoms with E-state index in [4.69, 9.17) is 9.84 Å². The lowest BCUT2D eigenvalue weighted by Crippen LogP contribution is -2.40. The van der Waals surface area contributed by atoms with Gasteiger partial charge in [0, 0.05) is 6.04 Å². The fraction of sp³-hybridized carbons (Fsp3) is 0.529. The van der Waals surface area contributed by atoms with Gasteiger partial charge < -0.3 is 15.2 Å². The van der Waals surface area contributed by atoms with Crippen LogP contribution in [-0.2, 0) is 9.59 Å². The lowest BCUT2D eigenvalue weighted by Gasteiger charge is -2.28. The van der Waals surface area contributed by atoms with E-state index in [1.54, 1.807) is 7.11 Å². The van der Waals surface area contributed by atoms with E-state index in [-0.39, 0.29) is 23.8 Å². The topological polar surface area (TPSA) is 75.6 Å². The van der Waals surface area contributed by atoms with E-state index in [1.165, 1.54) is 0 Å². The Balaban J connectivity index is 1.87. The quantitative estimate of drug-likeness (QED) is 0.876. The van der Waals surface area contributed by atoms with Crippen LogP contribution in [0.5, 0.6) is 5.75 Å². The molecule has 120 valence electrons. The zero-order valence-corrected chi connectivity index (χ0v) is 13.0. The molecule has 2 N–H and O–H groups in total. The number of benzene rings is 1. The van der Waals surface area contributed by atoms with Crippen molar-refractivity contribution in [2.45, 2.75) is 44.6 Å². The number of hydrogen-bond donors (Lipinski definition) is 2. The Morgan fingerprint density at radius 3 is 2.27 bits per heavy atom. The predicted octanol–water partition coefficient (Wildman–Crippen LogP) is 2.56. The van der Waals surface area contributed by atoms with Gasteiger partial charge in [-0.15, -0.1) is 0 Å². The first-order valence-electron chi connectivity index (χ1n) is 7.68. The summed E-state index contributed by atoms with van der Waals surface area (Å²) in [5.74, 6) is -0.459. The van der Waals surface area contributed by atoms with Crippen LogP contribution in [-0.4, -0.2) is 30.1 Å². The summed E-state index contributed by atoms with van der Waals surface area (Å²) in [7, 11) is 1.61. The molecule has 1 aliphatic carbocycles. The van der Waals surface area contributed by atoms with E-state index in [2.05, 4.69) is 5.32 Å². The van der Waals surface area contributed by atoms with Crippen LogP contribution in [0.15, 0.2) is 24.3 Å². The molecule has 0 saturated heterocycles. The first-order valence-corrected chi connectivity index (χ1v) is 7.68. The van der Waals surface area contributed by atoms with E-state index in [0.29, 0.717) is 12.8 Å². The fourth-order valence-corrected chi connectivity index (χ4v) is 2.85. The number of aliphatic carboxylic acids is 1. The Bertz CT molecular complexity index is 518. The summed E-state index contributed by atoms with van der Waals surface area (Å²) in [6.45, 7) is 1.88. The highest BCUT2D eigenvalue weighted by atomic mass is 16.5. The van der Waals surface area contributed by atoms with Crippen molar-refractivity contribution in [2.75, 3.05) is 7.11 Å². The minimum atomic E-state index is -0.726. The smallest absolute Gasteiger partial charge is 0.306 e. The van der Waals surface area contributed by atoms with Crippen LogP contribution in [0.2, 0.25) is 0 Å². The Labute approximate surface area is 130 Å². The van der Waals surface area contributed by atoms with Crippen molar-refractivity contribution in [1.29, 1.82) is 0 Å². The molecule has 2 rings (SSSR count). The first-order chi connectivity index (χ1) is 10.5. The Kier molecular flexibility index (Phi) is 5.41. The molecule has 1 unspecified atom stereocenters. The number of amides is 1. The van der Waals surface area contributed by atoms with Gasteiger partial charge in [-0.2, -0.15) is 0 Å². The van der Waals surface area contributed by atoms with Crippen molar-refractivity contribution in [1.82, 2.24) is 5.32 Å². The van der Waals surface area contributed by atoms with Crippen LogP contribution >= 0.6 is 0 Å². The van der Waals surface area contributed by atoms with E-state index >= 15 is 0 Å². The first kappa shape index (κ1) is 16.3. The predicted molar refractivity (Wildman–Crippen MR) is 82.9 cm³/mol. The van der Waals surface area contributed by atoms with E-state index in [0.717, 1.165) is 24.2 Å². The van der Waals surface area contributed by atoms with Crippen molar-refractivity contribution in [3.05, 3.63) is 29.8 Å². The molecule has 1 aliphatic rings. The average Bonchev–Trinajstić information content (AvgIpc) is 2.54. The lowest BCUT2D eigenvalue weighted by atomic mass is 9.86. The fourth-order valence-electron chi connectivity index (χ4n) is 2.85. The molecule has 1 aromatic carbocycles. The van der Waals surface area contributed by atoms with Crippen molar-refractivity contribution in [3.63, 3.8) is 0 Å². The van der Waals surface area contributed by atoms with Crippen LogP contribution < -0.4 is 10.1 Å². The van der Waals surface area contributed by atoms with Gasteiger partial charge in [0.25, 0.3) is 0 Å². The van der Waals surface area contributed by atoms with E-state index in [1.807, 2.05) is 31.2 Å². The highest BCUT2D eigenvalue weighted by molar-refractivity contribution is 5.83. The van der Waals surface area contributed by atoms with Gasteiger partial charge in [-0.25, -0.2) is 0 Å². The third kappa shape index (κ3) is 4.00. The van der Waals surface area contributed by atoms with Crippen molar-refractivity contribution in [3.8, 4) is 5.75 Å². The number of hydrogen-bond acceptors (Lipinski definition) is 3.